The van der Waals surface area contributed by atoms with Gasteiger partial charge in [0.15, 0.2) is 0 Å². The Balaban J connectivity index is 1.77. The molecular formula is C25H25ClN2O7. The summed E-state index contributed by atoms with van der Waals surface area (Å²) in [5.41, 5.74) is 0.594. The maximum Gasteiger partial charge on any atom is 0.337 e. The molecule has 2 aliphatic heterocycles. The standard InChI is InChI=1S/C25H25ClN2O7/c1-34-25(33)16-4-2-15(3-5-16)21-20(22(30)18-14-17(26)6-7-19(18)29)23(31)24(32)28(21)9-8-27-10-12-35-13-11-27/h2-7,14,21,29-30H,8-13H2,1H3. The molecule has 2 fully saturated rings. The van der Waals surface area contributed by atoms with E-state index in [1.165, 1.54) is 42.3 Å². The quantitative estimate of drug-likeness (QED) is 0.269. The highest BCUT2D eigenvalue weighted by Gasteiger charge is 2.46. The van der Waals surface area contributed by atoms with E-state index >= 15 is 0 Å². The van der Waals surface area contributed by atoms with Crippen LogP contribution in [0.5, 0.6) is 5.75 Å². The molecule has 2 saturated heterocycles. The van der Waals surface area contributed by atoms with Gasteiger partial charge < -0.3 is 24.6 Å². The Bertz CT molecular complexity index is 1170. The van der Waals surface area contributed by atoms with Crippen LogP contribution in [0.2, 0.25) is 5.02 Å². The van der Waals surface area contributed by atoms with E-state index in [9.17, 15) is 24.6 Å². The summed E-state index contributed by atoms with van der Waals surface area (Å²) in [7, 11) is 1.27. The van der Waals surface area contributed by atoms with Crippen LogP contribution in [-0.2, 0) is 19.1 Å². The van der Waals surface area contributed by atoms with Crippen molar-refractivity contribution < 1.29 is 34.1 Å². The molecule has 10 heteroatoms. The van der Waals surface area contributed by atoms with Crippen LogP contribution in [0.4, 0.5) is 0 Å². The Morgan fingerprint density at radius 3 is 2.46 bits per heavy atom. The number of aliphatic hydroxyl groups is 1. The molecule has 35 heavy (non-hydrogen) atoms. The molecular weight excluding hydrogens is 476 g/mol. The lowest BCUT2D eigenvalue weighted by Gasteiger charge is -2.31. The van der Waals surface area contributed by atoms with E-state index in [0.717, 1.165) is 0 Å². The Labute approximate surface area is 207 Å². The van der Waals surface area contributed by atoms with Crippen LogP contribution in [-0.4, -0.2) is 84.2 Å². The number of carbonyl (C=O) groups is 3. The first kappa shape index (κ1) is 24.7. The predicted molar refractivity (Wildman–Crippen MR) is 127 cm³/mol. The Morgan fingerprint density at radius 1 is 1.11 bits per heavy atom. The summed E-state index contributed by atoms with van der Waals surface area (Å²) >= 11 is 6.04. The van der Waals surface area contributed by atoms with Crippen molar-refractivity contribution in [2.24, 2.45) is 0 Å². The van der Waals surface area contributed by atoms with E-state index in [0.29, 0.717) is 44.0 Å². The second-order valence-electron chi connectivity index (χ2n) is 8.22. The van der Waals surface area contributed by atoms with Gasteiger partial charge in [0.05, 0.1) is 43.1 Å². The maximum atomic E-state index is 13.2. The smallest absolute Gasteiger partial charge is 0.337 e. The lowest BCUT2D eigenvalue weighted by Crippen LogP contribution is -2.42. The largest absolute Gasteiger partial charge is 0.507 e. The van der Waals surface area contributed by atoms with Crippen molar-refractivity contribution in [2.75, 3.05) is 46.5 Å². The number of hydrogen-bond acceptors (Lipinski definition) is 8. The fourth-order valence-corrected chi connectivity index (χ4v) is 4.47. The van der Waals surface area contributed by atoms with Crippen molar-refractivity contribution >= 4 is 35.0 Å². The number of phenolic OH excluding ortho intramolecular Hbond substituents is 1. The van der Waals surface area contributed by atoms with Crippen molar-refractivity contribution in [3.8, 4) is 5.75 Å². The van der Waals surface area contributed by atoms with E-state index in [2.05, 4.69) is 4.90 Å². The molecule has 0 saturated carbocycles. The average Bonchev–Trinajstić information content (AvgIpc) is 3.13. The van der Waals surface area contributed by atoms with Gasteiger partial charge in [-0.25, -0.2) is 4.79 Å². The number of nitrogens with zero attached hydrogens (tertiary/aromatic N) is 2. The van der Waals surface area contributed by atoms with Crippen LogP contribution in [0.3, 0.4) is 0 Å². The lowest BCUT2D eigenvalue weighted by atomic mass is 9.94. The summed E-state index contributed by atoms with van der Waals surface area (Å²) in [6.45, 7) is 3.33. The van der Waals surface area contributed by atoms with Crippen LogP contribution in [0.15, 0.2) is 48.0 Å². The van der Waals surface area contributed by atoms with Crippen molar-refractivity contribution in [1.82, 2.24) is 9.80 Å². The first-order chi connectivity index (χ1) is 16.8. The molecule has 184 valence electrons. The minimum atomic E-state index is -0.930. The normalized spacial score (nSPS) is 20.3. The molecule has 1 atom stereocenters. The molecule has 9 nitrogen and oxygen atoms in total. The van der Waals surface area contributed by atoms with Crippen molar-refractivity contribution in [1.29, 1.82) is 0 Å². The van der Waals surface area contributed by atoms with Gasteiger partial charge in [0, 0.05) is 31.2 Å². The number of aliphatic hydroxyl groups excluding tert-OH is 1. The third kappa shape index (κ3) is 5.02. The average molecular weight is 501 g/mol. The number of hydrogen-bond donors (Lipinski definition) is 2. The number of morpholine rings is 1. The van der Waals surface area contributed by atoms with Gasteiger partial charge in [-0.15, -0.1) is 0 Å². The number of methoxy groups -OCH3 is 1. The summed E-state index contributed by atoms with van der Waals surface area (Å²) in [6.07, 6.45) is 0. The minimum Gasteiger partial charge on any atom is -0.507 e. The van der Waals surface area contributed by atoms with Crippen LogP contribution in [0.25, 0.3) is 5.76 Å². The monoisotopic (exact) mass is 500 g/mol. The topological polar surface area (TPSA) is 117 Å². The van der Waals surface area contributed by atoms with Crippen molar-refractivity contribution in [3.05, 3.63) is 69.8 Å². The number of Topliss-reactive ketones (excluding diaryl/α,β-unsaturated/α-hetero) is 1. The van der Waals surface area contributed by atoms with Crippen molar-refractivity contribution in [2.45, 2.75) is 6.04 Å². The third-order valence-electron chi connectivity index (χ3n) is 6.16. The first-order valence-corrected chi connectivity index (χ1v) is 11.4. The highest BCUT2D eigenvalue weighted by atomic mass is 35.5. The second kappa shape index (κ2) is 10.5. The minimum absolute atomic E-state index is 0.0557. The number of rotatable bonds is 6. The van der Waals surface area contributed by atoms with Crippen molar-refractivity contribution in [3.63, 3.8) is 0 Å². The number of benzene rings is 2. The number of esters is 1. The molecule has 2 N–H and O–H groups in total. The van der Waals surface area contributed by atoms with E-state index in [4.69, 9.17) is 21.1 Å². The van der Waals surface area contributed by atoms with Gasteiger partial charge in [-0.2, -0.15) is 0 Å². The molecule has 2 aliphatic rings. The van der Waals surface area contributed by atoms with Gasteiger partial charge in [0.2, 0.25) is 0 Å². The Morgan fingerprint density at radius 2 is 1.80 bits per heavy atom. The number of halogens is 1. The molecule has 0 radical (unpaired) electrons. The van der Waals surface area contributed by atoms with E-state index in [1.807, 2.05) is 0 Å². The Hall–Kier alpha value is -3.40. The van der Waals surface area contributed by atoms with Crippen LogP contribution < -0.4 is 0 Å². The molecule has 1 unspecified atom stereocenters. The number of phenols is 1. The molecule has 2 aromatic rings. The number of ketones is 1. The molecule has 0 aromatic heterocycles. The number of amides is 1. The van der Waals surface area contributed by atoms with Gasteiger partial charge in [-0.05, 0) is 35.9 Å². The SMILES string of the molecule is COC(=O)c1ccc(C2C(=C(O)c3cc(Cl)ccc3O)C(=O)C(=O)N2CCN2CCOCC2)cc1. The first-order valence-electron chi connectivity index (χ1n) is 11.1. The van der Waals surface area contributed by atoms with Crippen LogP contribution in [0, 0.1) is 0 Å². The molecule has 1 amide bonds. The zero-order valence-corrected chi connectivity index (χ0v) is 19.8. The molecule has 2 aromatic carbocycles. The molecule has 4 rings (SSSR count). The Kier molecular flexibility index (Phi) is 7.39. The summed E-state index contributed by atoms with van der Waals surface area (Å²) in [4.78, 5) is 41.7. The van der Waals surface area contributed by atoms with Crippen LogP contribution in [0.1, 0.15) is 27.5 Å². The van der Waals surface area contributed by atoms with Gasteiger partial charge in [0.25, 0.3) is 11.7 Å². The van der Waals surface area contributed by atoms with Gasteiger partial charge >= 0.3 is 5.97 Å². The number of carbonyl (C=O) groups excluding carboxylic acids is 3. The molecule has 0 bridgehead atoms. The fourth-order valence-electron chi connectivity index (χ4n) is 4.29. The zero-order chi connectivity index (χ0) is 25.1. The molecule has 0 spiro atoms. The molecule has 2 heterocycles. The molecule has 0 aliphatic carbocycles. The zero-order valence-electron chi connectivity index (χ0n) is 19.1. The summed E-state index contributed by atoms with van der Waals surface area (Å²) in [5, 5.41) is 21.7. The highest BCUT2D eigenvalue weighted by molar-refractivity contribution is 6.46. The third-order valence-corrected chi connectivity index (χ3v) is 6.40. The second-order valence-corrected chi connectivity index (χ2v) is 8.66. The fraction of sp³-hybridized carbons (Fsp3) is 0.320. The lowest BCUT2D eigenvalue weighted by molar-refractivity contribution is -0.140. The summed E-state index contributed by atoms with van der Waals surface area (Å²) in [5.74, 6) is -2.97. The maximum absolute atomic E-state index is 13.2. The number of ether oxygens (including phenoxy) is 2. The van der Waals surface area contributed by atoms with Gasteiger partial charge in [-0.1, -0.05) is 23.7 Å². The van der Waals surface area contributed by atoms with Crippen LogP contribution >= 0.6 is 11.6 Å². The van der Waals surface area contributed by atoms with E-state index in [1.54, 1.807) is 12.1 Å². The number of aromatic hydroxyl groups is 1. The number of likely N-dealkylation sites (tertiary alicyclic amines) is 1. The van der Waals surface area contributed by atoms with Gasteiger partial charge in [0.1, 0.15) is 11.5 Å². The van der Waals surface area contributed by atoms with Gasteiger partial charge in [-0.3, -0.25) is 14.5 Å². The predicted octanol–water partition coefficient (Wildman–Crippen LogP) is 2.59. The van der Waals surface area contributed by atoms with E-state index < -0.39 is 29.5 Å². The summed E-state index contributed by atoms with van der Waals surface area (Å²) < 4.78 is 10.1. The summed E-state index contributed by atoms with van der Waals surface area (Å²) in [6, 6.07) is 9.40. The highest BCUT2D eigenvalue weighted by Crippen LogP contribution is 2.41. The van der Waals surface area contributed by atoms with E-state index in [-0.39, 0.29) is 28.5 Å².